The van der Waals surface area contributed by atoms with Gasteiger partial charge in [-0.25, -0.2) is 0 Å². The van der Waals surface area contributed by atoms with Gasteiger partial charge in [0.25, 0.3) is 0 Å². The lowest BCUT2D eigenvalue weighted by molar-refractivity contribution is -0.222. The highest BCUT2D eigenvalue weighted by Crippen LogP contribution is 2.68. The van der Waals surface area contributed by atoms with Gasteiger partial charge in [0.05, 0.1) is 0 Å². The average Bonchev–Trinajstić information content (AvgIpc) is 3.07. The molecule has 0 heterocycles. The van der Waals surface area contributed by atoms with E-state index in [-0.39, 0.29) is 77.0 Å². The number of hydrogen-bond donors (Lipinski definition) is 0. The Kier molecular flexibility index (Phi) is 6.62. The summed E-state index contributed by atoms with van der Waals surface area (Å²) in [6, 6.07) is 0. The number of hydrogen-bond acceptors (Lipinski definition) is 7. The van der Waals surface area contributed by atoms with E-state index in [4.69, 9.17) is 14.2 Å². The second kappa shape index (κ2) is 8.94. The van der Waals surface area contributed by atoms with Crippen molar-refractivity contribution in [3.8, 4) is 0 Å². The topological polar surface area (TPSA) is 96.0 Å². The monoisotopic (exact) mass is 476 g/mol. The van der Waals surface area contributed by atoms with E-state index in [0.29, 0.717) is 6.42 Å². The first kappa shape index (κ1) is 25.2. The molecule has 0 unspecified atom stereocenters. The van der Waals surface area contributed by atoms with Gasteiger partial charge in [-0.1, -0.05) is 13.8 Å². The third kappa shape index (κ3) is 4.07. The molecule has 0 radical (unpaired) electrons. The van der Waals surface area contributed by atoms with Gasteiger partial charge in [0.1, 0.15) is 24.1 Å². The molecular weight excluding hydrogens is 436 g/mol. The Balaban J connectivity index is 1.74. The Labute approximate surface area is 202 Å². The van der Waals surface area contributed by atoms with Crippen molar-refractivity contribution in [3.05, 3.63) is 0 Å². The SMILES string of the molecule is CC(=O)O[C@@H]1CC[C@@]2(C)[C@@H](C1)C[C@@H](OC(C)=O)[C@@H]1[C@H]2C[C@H](OC(C)=O)[C@@]2(C)[C@@H](C(C)=O)CC[C@@H]12. The van der Waals surface area contributed by atoms with Crippen LogP contribution in [0.5, 0.6) is 0 Å². The van der Waals surface area contributed by atoms with Crippen LogP contribution in [0.2, 0.25) is 0 Å². The third-order valence-corrected chi connectivity index (χ3v) is 10.1. The lowest BCUT2D eigenvalue weighted by Gasteiger charge is -2.63. The highest BCUT2D eigenvalue weighted by molar-refractivity contribution is 5.80. The van der Waals surface area contributed by atoms with E-state index in [1.54, 1.807) is 6.92 Å². The molecule has 0 amide bonds. The summed E-state index contributed by atoms with van der Waals surface area (Å²) >= 11 is 0. The summed E-state index contributed by atoms with van der Waals surface area (Å²) in [5, 5.41) is 0. The predicted octanol–water partition coefficient (Wildman–Crippen LogP) is 4.25. The van der Waals surface area contributed by atoms with E-state index in [2.05, 4.69) is 13.8 Å². The molecule has 0 aromatic heterocycles. The molecule has 0 bridgehead atoms. The lowest BCUT2D eigenvalue weighted by atomic mass is 9.43. The van der Waals surface area contributed by atoms with E-state index in [9.17, 15) is 19.2 Å². The van der Waals surface area contributed by atoms with Gasteiger partial charge in [0.15, 0.2) is 0 Å². The summed E-state index contributed by atoms with van der Waals surface area (Å²) in [6.07, 6.45) is 4.84. The molecule has 7 nitrogen and oxygen atoms in total. The van der Waals surface area contributed by atoms with Crippen molar-refractivity contribution in [2.24, 2.45) is 40.4 Å². The molecule has 10 atom stereocenters. The van der Waals surface area contributed by atoms with Crippen molar-refractivity contribution in [1.82, 2.24) is 0 Å². The van der Waals surface area contributed by atoms with Crippen molar-refractivity contribution in [3.63, 3.8) is 0 Å². The van der Waals surface area contributed by atoms with Crippen LogP contribution in [0.15, 0.2) is 0 Å². The molecule has 4 saturated carbocycles. The van der Waals surface area contributed by atoms with E-state index in [1.807, 2.05) is 0 Å². The number of fused-ring (bicyclic) bond motifs is 5. The summed E-state index contributed by atoms with van der Waals surface area (Å²) in [5.74, 6) is -0.185. The zero-order chi connectivity index (χ0) is 25.0. The molecule has 4 fully saturated rings. The third-order valence-electron chi connectivity index (χ3n) is 10.1. The average molecular weight is 477 g/mol. The number of Topliss-reactive ketones (excluding diaryl/α,β-unsaturated/α-hetero) is 1. The summed E-state index contributed by atoms with van der Waals surface area (Å²) in [5.41, 5.74) is -0.499. The zero-order valence-corrected chi connectivity index (χ0v) is 21.4. The fourth-order valence-electron chi connectivity index (χ4n) is 8.82. The Morgan fingerprint density at radius 3 is 1.97 bits per heavy atom. The van der Waals surface area contributed by atoms with Crippen LogP contribution in [-0.4, -0.2) is 42.0 Å². The normalized spacial score (nSPS) is 45.2. The van der Waals surface area contributed by atoms with Crippen molar-refractivity contribution < 1.29 is 33.4 Å². The first-order valence-corrected chi connectivity index (χ1v) is 12.9. The molecule has 0 spiro atoms. The minimum Gasteiger partial charge on any atom is -0.463 e. The van der Waals surface area contributed by atoms with Gasteiger partial charge in [-0.05, 0) is 75.0 Å². The highest BCUT2D eigenvalue weighted by atomic mass is 16.6. The van der Waals surface area contributed by atoms with Gasteiger partial charge in [0.2, 0.25) is 0 Å². The molecule has 4 aliphatic carbocycles. The predicted molar refractivity (Wildman–Crippen MR) is 123 cm³/mol. The maximum absolute atomic E-state index is 12.7. The van der Waals surface area contributed by atoms with Gasteiger partial charge >= 0.3 is 17.9 Å². The molecule has 0 aromatic carbocycles. The molecule has 7 heteroatoms. The Hall–Kier alpha value is -1.92. The van der Waals surface area contributed by atoms with Crippen molar-refractivity contribution >= 4 is 23.7 Å². The molecule has 34 heavy (non-hydrogen) atoms. The number of carbonyl (C=O) groups is 4. The maximum atomic E-state index is 12.7. The summed E-state index contributed by atoms with van der Waals surface area (Å²) in [6.45, 7) is 10.4. The lowest BCUT2D eigenvalue weighted by Crippen LogP contribution is -2.63. The molecule has 0 N–H and O–H groups in total. The molecular formula is C27H40O7. The molecule has 4 aliphatic rings. The first-order valence-electron chi connectivity index (χ1n) is 12.9. The van der Waals surface area contributed by atoms with Gasteiger partial charge in [-0.15, -0.1) is 0 Å². The summed E-state index contributed by atoms with van der Waals surface area (Å²) < 4.78 is 17.6. The van der Waals surface area contributed by atoms with Crippen LogP contribution in [0.25, 0.3) is 0 Å². The Bertz CT molecular complexity index is 867. The van der Waals surface area contributed by atoms with Crippen LogP contribution in [0, 0.1) is 40.4 Å². The molecule has 190 valence electrons. The van der Waals surface area contributed by atoms with E-state index in [0.717, 1.165) is 38.5 Å². The van der Waals surface area contributed by atoms with Crippen molar-refractivity contribution in [2.45, 2.75) is 105 Å². The number of esters is 3. The van der Waals surface area contributed by atoms with Crippen molar-refractivity contribution in [2.75, 3.05) is 0 Å². The van der Waals surface area contributed by atoms with Crippen molar-refractivity contribution in [1.29, 1.82) is 0 Å². The number of rotatable bonds is 4. The van der Waals surface area contributed by atoms with E-state index in [1.165, 1.54) is 20.8 Å². The smallest absolute Gasteiger partial charge is 0.302 e. The zero-order valence-electron chi connectivity index (χ0n) is 21.4. The van der Waals surface area contributed by atoms with E-state index >= 15 is 0 Å². The van der Waals surface area contributed by atoms with Crippen LogP contribution < -0.4 is 0 Å². The minimum atomic E-state index is -0.463. The van der Waals surface area contributed by atoms with Gasteiger partial charge < -0.3 is 14.2 Å². The Morgan fingerprint density at radius 1 is 0.735 bits per heavy atom. The van der Waals surface area contributed by atoms with Crippen LogP contribution in [-0.2, 0) is 33.4 Å². The maximum Gasteiger partial charge on any atom is 0.302 e. The van der Waals surface area contributed by atoms with Crippen LogP contribution >= 0.6 is 0 Å². The molecule has 0 saturated heterocycles. The minimum absolute atomic E-state index is 0.0357. The second-order valence-electron chi connectivity index (χ2n) is 11.8. The second-order valence-corrected chi connectivity index (χ2v) is 11.8. The molecule has 0 aliphatic heterocycles. The Morgan fingerprint density at radius 2 is 1.38 bits per heavy atom. The fourth-order valence-corrected chi connectivity index (χ4v) is 8.82. The molecule has 0 aromatic rings. The summed E-state index contributed by atoms with van der Waals surface area (Å²) in [4.78, 5) is 48.7. The van der Waals surface area contributed by atoms with Gasteiger partial charge in [-0.3, -0.25) is 19.2 Å². The van der Waals surface area contributed by atoms with Crippen LogP contribution in [0.4, 0.5) is 0 Å². The molecule has 4 rings (SSSR count). The quantitative estimate of drug-likeness (QED) is 0.442. The van der Waals surface area contributed by atoms with Crippen LogP contribution in [0.1, 0.15) is 86.5 Å². The van der Waals surface area contributed by atoms with Gasteiger partial charge in [0, 0.05) is 38.0 Å². The fraction of sp³-hybridized carbons (Fsp3) is 0.852. The van der Waals surface area contributed by atoms with Crippen LogP contribution in [0.3, 0.4) is 0 Å². The van der Waals surface area contributed by atoms with E-state index < -0.39 is 5.41 Å². The standard InChI is InChI=1S/C27H40O7/c1-14(28)20-7-8-21-25-22(13-24(27(20,21)6)34-17(4)31)26(5)10-9-19(32-15(2)29)11-18(26)12-23(25)33-16(3)30/h18-25H,7-13H2,1-6H3/t18-,19+,20+,21-,22+,23+,24-,25-,26-,27-/m0/s1. The van der Waals surface area contributed by atoms with Gasteiger partial charge in [-0.2, -0.15) is 0 Å². The highest BCUT2D eigenvalue weighted by Gasteiger charge is 2.67. The number of carbonyl (C=O) groups excluding carboxylic acids is 4. The largest absolute Gasteiger partial charge is 0.463 e. The number of ketones is 1. The summed E-state index contributed by atoms with van der Waals surface area (Å²) in [7, 11) is 0. The number of ether oxygens (including phenoxy) is 3. The first-order chi connectivity index (χ1) is 15.9.